The summed E-state index contributed by atoms with van der Waals surface area (Å²) in [5.74, 6) is 0.106. The van der Waals surface area contributed by atoms with Gasteiger partial charge in [0.15, 0.2) is 0 Å². The number of fused-ring (bicyclic) bond motifs is 1. The van der Waals surface area contributed by atoms with Crippen molar-refractivity contribution >= 4 is 16.9 Å². The Kier molecular flexibility index (Phi) is 2.46. The Hall–Kier alpha value is -1.77. The molecule has 0 radical (unpaired) electrons. The molecule has 0 bridgehead atoms. The van der Waals surface area contributed by atoms with Crippen molar-refractivity contribution in [3.8, 4) is 0 Å². The van der Waals surface area contributed by atoms with E-state index in [4.69, 9.17) is 9.52 Å². The Bertz CT molecular complexity index is 497. The second-order valence-electron chi connectivity index (χ2n) is 3.51. The Labute approximate surface area is 87.3 Å². The third-order valence-electron chi connectivity index (χ3n) is 2.34. The molecular formula is C12H12O3. The molecule has 0 saturated heterocycles. The van der Waals surface area contributed by atoms with E-state index in [9.17, 15) is 4.79 Å². The van der Waals surface area contributed by atoms with E-state index in [0.717, 1.165) is 28.7 Å². The maximum Gasteiger partial charge on any atom is 0.307 e. The van der Waals surface area contributed by atoms with Crippen LogP contribution in [0, 0.1) is 0 Å². The van der Waals surface area contributed by atoms with Crippen molar-refractivity contribution in [1.29, 1.82) is 0 Å². The third kappa shape index (κ3) is 2.01. The van der Waals surface area contributed by atoms with E-state index >= 15 is 0 Å². The first-order chi connectivity index (χ1) is 7.19. The molecule has 0 fully saturated rings. The molecule has 1 N–H and O–H groups in total. The lowest BCUT2D eigenvalue weighted by Gasteiger charge is -1.95. The fourth-order valence-corrected chi connectivity index (χ4v) is 1.59. The van der Waals surface area contributed by atoms with Crippen LogP contribution in [0.5, 0.6) is 0 Å². The van der Waals surface area contributed by atoms with E-state index < -0.39 is 5.97 Å². The first kappa shape index (κ1) is 9.77. The number of carboxylic acids is 1. The largest absolute Gasteiger partial charge is 0.481 e. The smallest absolute Gasteiger partial charge is 0.307 e. The quantitative estimate of drug-likeness (QED) is 0.836. The Morgan fingerprint density at radius 3 is 2.87 bits per heavy atom. The van der Waals surface area contributed by atoms with E-state index in [1.807, 2.05) is 25.1 Å². The van der Waals surface area contributed by atoms with E-state index in [-0.39, 0.29) is 6.42 Å². The van der Waals surface area contributed by atoms with Gasteiger partial charge in [0.25, 0.3) is 0 Å². The normalized spacial score (nSPS) is 10.7. The molecule has 0 saturated carbocycles. The number of benzene rings is 1. The second kappa shape index (κ2) is 3.77. The number of hydrogen-bond donors (Lipinski definition) is 1. The molecule has 3 heteroatoms. The molecule has 0 spiro atoms. The minimum atomic E-state index is -0.823. The van der Waals surface area contributed by atoms with Crippen LogP contribution in [0.3, 0.4) is 0 Å². The van der Waals surface area contributed by atoms with Gasteiger partial charge in [0.2, 0.25) is 0 Å². The van der Waals surface area contributed by atoms with Gasteiger partial charge in [0.05, 0.1) is 6.42 Å². The summed E-state index contributed by atoms with van der Waals surface area (Å²) in [5.41, 5.74) is 1.54. The maximum atomic E-state index is 10.5. The summed E-state index contributed by atoms with van der Waals surface area (Å²) in [4.78, 5) is 10.5. The number of rotatable bonds is 3. The Morgan fingerprint density at radius 1 is 1.40 bits per heavy atom. The van der Waals surface area contributed by atoms with E-state index in [2.05, 4.69) is 0 Å². The van der Waals surface area contributed by atoms with Crippen LogP contribution in [-0.4, -0.2) is 11.1 Å². The van der Waals surface area contributed by atoms with Gasteiger partial charge in [0.1, 0.15) is 11.3 Å². The number of hydrogen-bond acceptors (Lipinski definition) is 2. The van der Waals surface area contributed by atoms with E-state index in [1.54, 1.807) is 6.07 Å². The predicted molar refractivity (Wildman–Crippen MR) is 56.9 cm³/mol. The van der Waals surface area contributed by atoms with Crippen molar-refractivity contribution in [3.05, 3.63) is 35.6 Å². The monoisotopic (exact) mass is 204 g/mol. The SMILES string of the molecule is CCc1cc2ccc(CC(=O)O)cc2o1. The zero-order chi connectivity index (χ0) is 10.8. The van der Waals surface area contributed by atoms with Crippen LogP contribution in [0.4, 0.5) is 0 Å². The molecule has 0 atom stereocenters. The van der Waals surface area contributed by atoms with Crippen LogP contribution in [0.25, 0.3) is 11.0 Å². The van der Waals surface area contributed by atoms with Crippen molar-refractivity contribution in [3.63, 3.8) is 0 Å². The summed E-state index contributed by atoms with van der Waals surface area (Å²) in [6, 6.07) is 7.50. The number of carbonyl (C=O) groups is 1. The highest BCUT2D eigenvalue weighted by atomic mass is 16.4. The first-order valence-corrected chi connectivity index (χ1v) is 4.92. The summed E-state index contributed by atoms with van der Waals surface area (Å²) in [6.07, 6.45) is 0.890. The highest BCUT2D eigenvalue weighted by Crippen LogP contribution is 2.21. The molecule has 0 unspecified atom stereocenters. The van der Waals surface area contributed by atoms with Gasteiger partial charge in [-0.2, -0.15) is 0 Å². The third-order valence-corrected chi connectivity index (χ3v) is 2.34. The first-order valence-electron chi connectivity index (χ1n) is 4.92. The zero-order valence-electron chi connectivity index (χ0n) is 8.49. The van der Waals surface area contributed by atoms with Gasteiger partial charge >= 0.3 is 5.97 Å². The molecule has 2 rings (SSSR count). The molecule has 0 aliphatic rings. The lowest BCUT2D eigenvalue weighted by molar-refractivity contribution is -0.136. The van der Waals surface area contributed by atoms with Gasteiger partial charge in [0, 0.05) is 11.8 Å². The van der Waals surface area contributed by atoms with Crippen LogP contribution in [0.2, 0.25) is 0 Å². The topological polar surface area (TPSA) is 50.4 Å². The van der Waals surface area contributed by atoms with Gasteiger partial charge in [-0.25, -0.2) is 0 Å². The maximum absolute atomic E-state index is 10.5. The Morgan fingerprint density at radius 2 is 2.20 bits per heavy atom. The molecule has 3 nitrogen and oxygen atoms in total. The van der Waals surface area contributed by atoms with Crippen molar-refractivity contribution < 1.29 is 14.3 Å². The highest BCUT2D eigenvalue weighted by molar-refractivity contribution is 5.80. The van der Waals surface area contributed by atoms with E-state index in [1.165, 1.54) is 0 Å². The van der Waals surface area contributed by atoms with Gasteiger partial charge in [-0.3, -0.25) is 4.79 Å². The van der Waals surface area contributed by atoms with Gasteiger partial charge in [-0.15, -0.1) is 0 Å². The van der Waals surface area contributed by atoms with Crippen molar-refractivity contribution in [1.82, 2.24) is 0 Å². The molecule has 1 heterocycles. The standard InChI is InChI=1S/C12H12O3/c1-2-10-7-9-4-3-8(6-12(13)14)5-11(9)15-10/h3-5,7H,2,6H2,1H3,(H,13,14). The van der Waals surface area contributed by atoms with Crippen LogP contribution >= 0.6 is 0 Å². The van der Waals surface area contributed by atoms with Crippen LogP contribution in [-0.2, 0) is 17.6 Å². The predicted octanol–water partition coefficient (Wildman–Crippen LogP) is 2.62. The van der Waals surface area contributed by atoms with Crippen molar-refractivity contribution in [2.45, 2.75) is 19.8 Å². The fourth-order valence-electron chi connectivity index (χ4n) is 1.59. The average molecular weight is 204 g/mol. The van der Waals surface area contributed by atoms with Gasteiger partial charge in [-0.05, 0) is 17.7 Å². The fraction of sp³-hybridized carbons (Fsp3) is 0.250. The zero-order valence-corrected chi connectivity index (χ0v) is 8.49. The molecule has 15 heavy (non-hydrogen) atoms. The van der Waals surface area contributed by atoms with Crippen LogP contribution < -0.4 is 0 Å². The minimum absolute atomic E-state index is 0.0398. The molecule has 78 valence electrons. The second-order valence-corrected chi connectivity index (χ2v) is 3.51. The number of carboxylic acid groups (broad SMARTS) is 1. The number of aryl methyl sites for hydroxylation is 1. The van der Waals surface area contributed by atoms with Crippen molar-refractivity contribution in [2.24, 2.45) is 0 Å². The summed E-state index contributed by atoms with van der Waals surface area (Å²) in [7, 11) is 0. The molecule has 0 amide bonds. The lowest BCUT2D eigenvalue weighted by Crippen LogP contribution is -1.99. The summed E-state index contributed by atoms with van der Waals surface area (Å²) in [5, 5.41) is 9.69. The Balaban J connectivity index is 2.41. The van der Waals surface area contributed by atoms with Crippen LogP contribution in [0.1, 0.15) is 18.2 Å². The summed E-state index contributed by atoms with van der Waals surface area (Å²) >= 11 is 0. The minimum Gasteiger partial charge on any atom is -0.481 e. The van der Waals surface area contributed by atoms with Crippen LogP contribution in [0.15, 0.2) is 28.7 Å². The van der Waals surface area contributed by atoms with Gasteiger partial charge < -0.3 is 9.52 Å². The molecule has 1 aromatic carbocycles. The van der Waals surface area contributed by atoms with Crippen molar-refractivity contribution in [2.75, 3.05) is 0 Å². The summed E-state index contributed by atoms with van der Waals surface area (Å²) in [6.45, 7) is 2.02. The van der Waals surface area contributed by atoms with E-state index in [0.29, 0.717) is 0 Å². The summed E-state index contributed by atoms with van der Waals surface area (Å²) < 4.78 is 5.55. The number of aliphatic carboxylic acids is 1. The molecule has 0 aliphatic heterocycles. The van der Waals surface area contributed by atoms with Gasteiger partial charge in [-0.1, -0.05) is 19.1 Å². The molecule has 0 aliphatic carbocycles. The average Bonchev–Trinajstić information content (AvgIpc) is 2.58. The highest BCUT2D eigenvalue weighted by Gasteiger charge is 2.05. The molecule has 2 aromatic rings. The number of furan rings is 1. The molecule has 1 aromatic heterocycles. The lowest BCUT2D eigenvalue weighted by atomic mass is 10.1. The molecular weight excluding hydrogens is 192 g/mol.